The van der Waals surface area contributed by atoms with Gasteiger partial charge in [0.25, 0.3) is 0 Å². The van der Waals surface area contributed by atoms with E-state index in [2.05, 4.69) is 9.97 Å². The van der Waals surface area contributed by atoms with Gasteiger partial charge in [-0.15, -0.1) is 11.6 Å². The van der Waals surface area contributed by atoms with Crippen LogP contribution in [0.5, 0.6) is 0 Å². The van der Waals surface area contributed by atoms with Gasteiger partial charge in [-0.25, -0.2) is 14.4 Å². The van der Waals surface area contributed by atoms with E-state index in [4.69, 9.17) is 11.6 Å². The Labute approximate surface area is 127 Å². The number of imidazole rings is 1. The quantitative estimate of drug-likeness (QED) is 0.686. The standard InChI is InChI=1S/C16H15ClFN3/c1-10-3-4-12(9-13(10)18)21-14(5-7-17)20-15-11(2)6-8-19-16(15)21/h3-4,6,8-9H,5,7H2,1-2H3. The summed E-state index contributed by atoms with van der Waals surface area (Å²) in [6.07, 6.45) is 2.34. The van der Waals surface area contributed by atoms with Crippen LogP contribution in [0.3, 0.4) is 0 Å². The van der Waals surface area contributed by atoms with Gasteiger partial charge in [0.2, 0.25) is 0 Å². The first-order valence-electron chi connectivity index (χ1n) is 6.77. The molecule has 2 aromatic heterocycles. The van der Waals surface area contributed by atoms with Gasteiger partial charge in [0, 0.05) is 18.5 Å². The molecule has 0 amide bonds. The molecule has 0 aliphatic carbocycles. The lowest BCUT2D eigenvalue weighted by Crippen LogP contribution is -2.03. The van der Waals surface area contributed by atoms with Crippen molar-refractivity contribution in [2.45, 2.75) is 20.3 Å². The van der Waals surface area contributed by atoms with E-state index in [1.165, 1.54) is 6.07 Å². The van der Waals surface area contributed by atoms with Gasteiger partial charge in [0.05, 0.1) is 5.69 Å². The third-order valence-corrected chi connectivity index (χ3v) is 3.74. The molecule has 0 bridgehead atoms. The van der Waals surface area contributed by atoms with Gasteiger partial charge in [0.15, 0.2) is 5.65 Å². The van der Waals surface area contributed by atoms with Crippen molar-refractivity contribution in [3.05, 3.63) is 53.2 Å². The second kappa shape index (κ2) is 5.45. The Kier molecular flexibility index (Phi) is 3.64. The zero-order valence-electron chi connectivity index (χ0n) is 11.9. The summed E-state index contributed by atoms with van der Waals surface area (Å²) < 4.78 is 15.8. The molecule has 0 N–H and O–H groups in total. The number of aryl methyl sites for hydroxylation is 3. The van der Waals surface area contributed by atoms with E-state index >= 15 is 0 Å². The Hall–Kier alpha value is -1.94. The molecular formula is C16H15ClFN3. The van der Waals surface area contributed by atoms with Crippen molar-refractivity contribution in [1.82, 2.24) is 14.5 Å². The van der Waals surface area contributed by atoms with Crippen LogP contribution in [0.1, 0.15) is 17.0 Å². The van der Waals surface area contributed by atoms with Crippen LogP contribution in [-0.4, -0.2) is 20.4 Å². The molecule has 0 saturated carbocycles. The number of benzene rings is 1. The molecule has 0 fully saturated rings. The van der Waals surface area contributed by atoms with E-state index in [0.717, 1.165) is 28.2 Å². The molecule has 108 valence electrons. The van der Waals surface area contributed by atoms with Crippen LogP contribution in [0.25, 0.3) is 16.9 Å². The largest absolute Gasteiger partial charge is 0.281 e. The highest BCUT2D eigenvalue weighted by Gasteiger charge is 2.15. The van der Waals surface area contributed by atoms with Crippen molar-refractivity contribution < 1.29 is 4.39 Å². The highest BCUT2D eigenvalue weighted by Crippen LogP contribution is 2.24. The molecule has 0 saturated heterocycles. The van der Waals surface area contributed by atoms with Gasteiger partial charge in [-0.1, -0.05) is 6.07 Å². The maximum atomic E-state index is 13.9. The van der Waals surface area contributed by atoms with Crippen molar-refractivity contribution in [1.29, 1.82) is 0 Å². The van der Waals surface area contributed by atoms with E-state index in [0.29, 0.717) is 17.9 Å². The molecular weight excluding hydrogens is 289 g/mol. The van der Waals surface area contributed by atoms with Crippen molar-refractivity contribution in [2.24, 2.45) is 0 Å². The second-order valence-corrected chi connectivity index (χ2v) is 5.41. The van der Waals surface area contributed by atoms with E-state index < -0.39 is 0 Å². The number of halogens is 2. The highest BCUT2D eigenvalue weighted by atomic mass is 35.5. The normalized spacial score (nSPS) is 11.2. The number of rotatable bonds is 3. The minimum atomic E-state index is -0.237. The third kappa shape index (κ3) is 2.40. The van der Waals surface area contributed by atoms with Gasteiger partial charge in [0.1, 0.15) is 17.2 Å². The van der Waals surface area contributed by atoms with Gasteiger partial charge in [-0.3, -0.25) is 4.57 Å². The summed E-state index contributed by atoms with van der Waals surface area (Å²) in [5, 5.41) is 0. The van der Waals surface area contributed by atoms with E-state index in [1.807, 2.05) is 23.6 Å². The first kappa shape index (κ1) is 14.0. The molecule has 3 aromatic rings. The molecule has 0 atom stereocenters. The van der Waals surface area contributed by atoms with Gasteiger partial charge >= 0.3 is 0 Å². The molecule has 0 aliphatic heterocycles. The highest BCUT2D eigenvalue weighted by molar-refractivity contribution is 6.17. The minimum Gasteiger partial charge on any atom is -0.281 e. The smallest absolute Gasteiger partial charge is 0.164 e. The van der Waals surface area contributed by atoms with Crippen molar-refractivity contribution in [2.75, 3.05) is 5.88 Å². The summed E-state index contributed by atoms with van der Waals surface area (Å²) in [6.45, 7) is 3.73. The van der Waals surface area contributed by atoms with Gasteiger partial charge in [-0.05, 0) is 43.2 Å². The Bertz CT molecular complexity index is 811. The fourth-order valence-corrected chi connectivity index (χ4v) is 2.55. The summed E-state index contributed by atoms with van der Waals surface area (Å²) in [5.74, 6) is 1.01. The van der Waals surface area contributed by atoms with Crippen molar-refractivity contribution >= 4 is 22.8 Å². The molecule has 0 aliphatic rings. The Morgan fingerprint density at radius 1 is 1.19 bits per heavy atom. The fraction of sp³-hybridized carbons (Fsp3) is 0.250. The predicted octanol–water partition coefficient (Wildman–Crippen LogP) is 3.96. The molecule has 0 unspecified atom stereocenters. The molecule has 0 radical (unpaired) electrons. The number of nitrogens with zero attached hydrogens (tertiary/aromatic N) is 3. The molecule has 3 rings (SSSR count). The number of fused-ring (bicyclic) bond motifs is 1. The van der Waals surface area contributed by atoms with Crippen LogP contribution < -0.4 is 0 Å². The third-order valence-electron chi connectivity index (χ3n) is 3.55. The van der Waals surface area contributed by atoms with Crippen LogP contribution in [0.4, 0.5) is 4.39 Å². The first-order valence-corrected chi connectivity index (χ1v) is 7.30. The number of pyridine rings is 1. The molecule has 2 heterocycles. The minimum absolute atomic E-state index is 0.237. The van der Waals surface area contributed by atoms with E-state index in [-0.39, 0.29) is 5.82 Å². The predicted molar refractivity (Wildman–Crippen MR) is 82.7 cm³/mol. The number of hydrogen-bond donors (Lipinski definition) is 0. The van der Waals surface area contributed by atoms with Gasteiger partial charge in [-0.2, -0.15) is 0 Å². The summed E-state index contributed by atoms with van der Waals surface area (Å²) in [5.41, 5.74) is 3.95. The molecule has 3 nitrogen and oxygen atoms in total. The Morgan fingerprint density at radius 2 is 2.00 bits per heavy atom. The average molecular weight is 304 g/mol. The monoisotopic (exact) mass is 303 g/mol. The maximum absolute atomic E-state index is 13.9. The van der Waals surface area contributed by atoms with Gasteiger partial charge < -0.3 is 0 Å². The van der Waals surface area contributed by atoms with Crippen LogP contribution in [0, 0.1) is 19.7 Å². The fourth-order valence-electron chi connectivity index (χ4n) is 2.38. The topological polar surface area (TPSA) is 30.7 Å². The Balaban J connectivity index is 2.30. The lowest BCUT2D eigenvalue weighted by molar-refractivity contribution is 0.617. The second-order valence-electron chi connectivity index (χ2n) is 5.04. The first-order chi connectivity index (χ1) is 10.1. The van der Waals surface area contributed by atoms with Crippen LogP contribution >= 0.6 is 11.6 Å². The molecule has 21 heavy (non-hydrogen) atoms. The lowest BCUT2D eigenvalue weighted by Gasteiger charge is -2.09. The zero-order valence-corrected chi connectivity index (χ0v) is 12.7. The SMILES string of the molecule is Cc1ccc(-n2c(CCCl)nc3c(C)ccnc32)cc1F. The van der Waals surface area contributed by atoms with Crippen molar-refractivity contribution in [3.8, 4) is 5.69 Å². The average Bonchev–Trinajstić information content (AvgIpc) is 2.82. The lowest BCUT2D eigenvalue weighted by atomic mass is 10.2. The maximum Gasteiger partial charge on any atom is 0.164 e. The molecule has 1 aromatic carbocycles. The van der Waals surface area contributed by atoms with E-state index in [9.17, 15) is 4.39 Å². The van der Waals surface area contributed by atoms with E-state index in [1.54, 1.807) is 19.2 Å². The van der Waals surface area contributed by atoms with Crippen LogP contribution in [0.15, 0.2) is 30.5 Å². The number of alkyl halides is 1. The summed E-state index contributed by atoms with van der Waals surface area (Å²) in [7, 11) is 0. The van der Waals surface area contributed by atoms with Crippen LogP contribution in [0.2, 0.25) is 0 Å². The summed E-state index contributed by atoms with van der Waals surface area (Å²) in [4.78, 5) is 9.03. The number of hydrogen-bond acceptors (Lipinski definition) is 2. The summed E-state index contributed by atoms with van der Waals surface area (Å²) in [6, 6.07) is 7.07. The molecule has 0 spiro atoms. The number of aromatic nitrogens is 3. The van der Waals surface area contributed by atoms with Crippen LogP contribution in [-0.2, 0) is 6.42 Å². The zero-order chi connectivity index (χ0) is 15.0. The molecule has 5 heteroatoms. The Morgan fingerprint density at radius 3 is 2.71 bits per heavy atom. The van der Waals surface area contributed by atoms with Crippen molar-refractivity contribution in [3.63, 3.8) is 0 Å². The summed E-state index contributed by atoms with van der Waals surface area (Å²) >= 11 is 5.87.